The van der Waals surface area contributed by atoms with Gasteiger partial charge in [0.1, 0.15) is 11.6 Å². The van der Waals surface area contributed by atoms with Crippen LogP contribution < -0.4 is 5.76 Å². The van der Waals surface area contributed by atoms with E-state index in [2.05, 4.69) is 25.1 Å². The Morgan fingerprint density at radius 1 is 0.800 bits per heavy atom. The Hall–Kier alpha value is -4.33. The Labute approximate surface area is 169 Å². The monoisotopic (exact) mass is 399 g/mol. The van der Waals surface area contributed by atoms with Crippen LogP contribution in [0.15, 0.2) is 82.6 Å². The summed E-state index contributed by atoms with van der Waals surface area (Å²) in [4.78, 5) is 25.7. The first-order valence-corrected chi connectivity index (χ1v) is 9.09. The number of aromatic amines is 2. The number of nitrogens with one attached hydrogen (secondary N) is 2. The summed E-state index contributed by atoms with van der Waals surface area (Å²) >= 11 is 0. The SMILES string of the molecule is O=c1[nH]c(-c2cc(-c3ccncc3)c(-c3ccc(F)cc3)cc2-c2ncc[nH]2)no1. The highest BCUT2D eigenvalue weighted by molar-refractivity contribution is 5.92. The third-order valence-electron chi connectivity index (χ3n) is 4.75. The molecule has 0 amide bonds. The van der Waals surface area contributed by atoms with Gasteiger partial charge >= 0.3 is 5.76 Å². The van der Waals surface area contributed by atoms with Crippen LogP contribution in [0.2, 0.25) is 0 Å². The summed E-state index contributed by atoms with van der Waals surface area (Å²) in [6.07, 6.45) is 6.74. The largest absolute Gasteiger partial charge is 0.439 e. The molecule has 2 aromatic carbocycles. The van der Waals surface area contributed by atoms with E-state index in [-0.39, 0.29) is 11.6 Å². The number of hydrogen-bond donors (Lipinski definition) is 2. The molecule has 0 unspecified atom stereocenters. The molecule has 5 aromatic rings. The highest BCUT2D eigenvalue weighted by Gasteiger charge is 2.19. The second kappa shape index (κ2) is 7.25. The lowest BCUT2D eigenvalue weighted by Crippen LogP contribution is -1.97. The zero-order valence-corrected chi connectivity index (χ0v) is 15.5. The molecule has 0 atom stereocenters. The summed E-state index contributed by atoms with van der Waals surface area (Å²) in [5, 5.41) is 3.86. The van der Waals surface area contributed by atoms with Gasteiger partial charge in [0.25, 0.3) is 0 Å². The molecule has 3 aromatic heterocycles. The van der Waals surface area contributed by atoms with Gasteiger partial charge in [0.15, 0.2) is 5.82 Å². The van der Waals surface area contributed by atoms with Gasteiger partial charge in [0.05, 0.1) is 0 Å². The van der Waals surface area contributed by atoms with Crippen molar-refractivity contribution in [2.24, 2.45) is 0 Å². The van der Waals surface area contributed by atoms with Gasteiger partial charge in [-0.3, -0.25) is 14.5 Å². The molecule has 0 spiro atoms. The van der Waals surface area contributed by atoms with Crippen molar-refractivity contribution < 1.29 is 8.91 Å². The Morgan fingerprint density at radius 3 is 2.07 bits per heavy atom. The highest BCUT2D eigenvalue weighted by atomic mass is 19.1. The zero-order valence-electron chi connectivity index (χ0n) is 15.5. The number of rotatable bonds is 4. The van der Waals surface area contributed by atoms with Crippen molar-refractivity contribution in [3.63, 3.8) is 0 Å². The first-order chi connectivity index (χ1) is 14.7. The van der Waals surface area contributed by atoms with Crippen molar-refractivity contribution in [2.45, 2.75) is 0 Å². The first-order valence-electron chi connectivity index (χ1n) is 9.09. The number of halogens is 1. The van der Waals surface area contributed by atoms with Gasteiger partial charge in [-0.2, -0.15) is 0 Å². The molecular weight excluding hydrogens is 385 g/mol. The van der Waals surface area contributed by atoms with E-state index in [1.165, 1.54) is 12.1 Å². The molecule has 0 aliphatic carbocycles. The topological polar surface area (TPSA) is 100 Å². The molecule has 0 fully saturated rings. The minimum atomic E-state index is -0.650. The number of H-pyrrole nitrogens is 2. The molecular formula is C22H14FN5O2. The van der Waals surface area contributed by atoms with Crippen LogP contribution in [0.3, 0.4) is 0 Å². The summed E-state index contributed by atoms with van der Waals surface area (Å²) in [5.74, 6) is -0.0819. The molecule has 5 rings (SSSR count). The molecule has 3 heterocycles. The van der Waals surface area contributed by atoms with E-state index in [1.807, 2.05) is 24.3 Å². The Bertz CT molecular complexity index is 1360. The molecule has 0 saturated carbocycles. The predicted octanol–water partition coefficient (Wildman–Crippen LogP) is 4.29. The maximum Gasteiger partial charge on any atom is 0.439 e. The van der Waals surface area contributed by atoms with Gasteiger partial charge < -0.3 is 4.98 Å². The van der Waals surface area contributed by atoms with Crippen LogP contribution in [0.5, 0.6) is 0 Å². The highest BCUT2D eigenvalue weighted by Crippen LogP contribution is 2.40. The molecule has 0 aliphatic heterocycles. The maximum atomic E-state index is 13.5. The third kappa shape index (κ3) is 3.20. The maximum absolute atomic E-state index is 13.5. The smallest absolute Gasteiger partial charge is 0.345 e. The van der Waals surface area contributed by atoms with E-state index in [1.54, 1.807) is 36.9 Å². The molecule has 2 N–H and O–H groups in total. The van der Waals surface area contributed by atoms with E-state index >= 15 is 0 Å². The second-order valence-corrected chi connectivity index (χ2v) is 6.57. The number of hydrogen-bond acceptors (Lipinski definition) is 5. The van der Waals surface area contributed by atoms with Crippen LogP contribution in [0, 0.1) is 5.82 Å². The summed E-state index contributed by atoms with van der Waals surface area (Å²) in [6, 6.07) is 13.9. The number of pyridine rings is 1. The van der Waals surface area contributed by atoms with Crippen molar-refractivity contribution in [3.8, 4) is 45.0 Å². The van der Waals surface area contributed by atoms with Crippen molar-refractivity contribution in [2.75, 3.05) is 0 Å². The summed E-state index contributed by atoms with van der Waals surface area (Å²) in [5.41, 5.74) is 4.80. The fraction of sp³-hybridized carbons (Fsp3) is 0. The normalized spacial score (nSPS) is 11.0. The number of nitrogens with zero attached hydrogens (tertiary/aromatic N) is 3. The molecule has 0 radical (unpaired) electrons. The molecule has 0 saturated heterocycles. The summed E-state index contributed by atoms with van der Waals surface area (Å²) in [6.45, 7) is 0. The molecule has 30 heavy (non-hydrogen) atoms. The van der Waals surface area contributed by atoms with Crippen LogP contribution in [-0.2, 0) is 0 Å². The Morgan fingerprint density at radius 2 is 1.47 bits per heavy atom. The summed E-state index contributed by atoms with van der Waals surface area (Å²) < 4.78 is 18.3. The van der Waals surface area contributed by atoms with E-state index < -0.39 is 5.76 Å². The van der Waals surface area contributed by atoms with Crippen molar-refractivity contribution in [3.05, 3.63) is 89.7 Å². The van der Waals surface area contributed by atoms with E-state index in [9.17, 15) is 9.18 Å². The molecule has 7 nitrogen and oxygen atoms in total. The number of imidazole rings is 1. The summed E-state index contributed by atoms with van der Waals surface area (Å²) in [7, 11) is 0. The fourth-order valence-electron chi connectivity index (χ4n) is 3.39. The van der Waals surface area contributed by atoms with Gasteiger partial charge in [0, 0.05) is 35.9 Å². The van der Waals surface area contributed by atoms with Crippen LogP contribution in [0.1, 0.15) is 0 Å². The third-order valence-corrected chi connectivity index (χ3v) is 4.75. The van der Waals surface area contributed by atoms with Crippen LogP contribution in [-0.4, -0.2) is 25.1 Å². The first kappa shape index (κ1) is 17.7. The Balaban J connectivity index is 1.84. The lowest BCUT2D eigenvalue weighted by Gasteiger charge is -2.15. The van der Waals surface area contributed by atoms with E-state index in [0.29, 0.717) is 17.0 Å². The minimum Gasteiger partial charge on any atom is -0.345 e. The number of aromatic nitrogens is 5. The van der Waals surface area contributed by atoms with Crippen LogP contribution >= 0.6 is 0 Å². The molecule has 146 valence electrons. The van der Waals surface area contributed by atoms with Crippen molar-refractivity contribution in [1.29, 1.82) is 0 Å². The van der Waals surface area contributed by atoms with Gasteiger partial charge in [-0.15, -0.1) is 0 Å². The fourth-order valence-corrected chi connectivity index (χ4v) is 3.39. The van der Waals surface area contributed by atoms with Crippen molar-refractivity contribution in [1.82, 2.24) is 25.1 Å². The average molecular weight is 399 g/mol. The quantitative estimate of drug-likeness (QED) is 0.470. The van der Waals surface area contributed by atoms with Gasteiger partial charge in [-0.05, 0) is 58.7 Å². The minimum absolute atomic E-state index is 0.285. The van der Waals surface area contributed by atoms with Crippen LogP contribution in [0.4, 0.5) is 4.39 Å². The van der Waals surface area contributed by atoms with E-state index in [4.69, 9.17) is 4.52 Å². The molecule has 8 heteroatoms. The lowest BCUT2D eigenvalue weighted by molar-refractivity contribution is 0.388. The lowest BCUT2D eigenvalue weighted by atomic mass is 9.90. The second-order valence-electron chi connectivity index (χ2n) is 6.57. The molecule has 0 bridgehead atoms. The average Bonchev–Trinajstić information content (AvgIpc) is 3.46. The predicted molar refractivity (Wildman–Crippen MR) is 109 cm³/mol. The van der Waals surface area contributed by atoms with Crippen molar-refractivity contribution >= 4 is 0 Å². The van der Waals surface area contributed by atoms with E-state index in [0.717, 1.165) is 22.3 Å². The van der Waals surface area contributed by atoms with Gasteiger partial charge in [-0.1, -0.05) is 17.3 Å². The standard InChI is InChI=1S/C22H14FN5O2/c23-15-3-1-13(2-4-15)16-11-18(20-25-9-10-26-20)19(21-27-22(29)30-28-21)12-17(16)14-5-7-24-8-6-14/h1-12H,(H,25,26)(H,27,28,29). The van der Waals surface area contributed by atoms with Crippen LogP contribution in [0.25, 0.3) is 45.0 Å². The van der Waals surface area contributed by atoms with Gasteiger partial charge in [0.2, 0.25) is 0 Å². The van der Waals surface area contributed by atoms with Gasteiger partial charge in [-0.25, -0.2) is 14.2 Å². The Kier molecular flexibility index (Phi) is 4.29. The zero-order chi connectivity index (χ0) is 20.5. The number of benzene rings is 2. The molecule has 0 aliphatic rings.